The average molecular weight is 402 g/mol. The summed E-state index contributed by atoms with van der Waals surface area (Å²) in [6.45, 7) is 0. The Hall–Kier alpha value is -2.84. The van der Waals surface area contributed by atoms with E-state index in [4.69, 9.17) is 17.3 Å². The van der Waals surface area contributed by atoms with Crippen LogP contribution in [0.2, 0.25) is 5.02 Å². The lowest BCUT2D eigenvalue weighted by Crippen LogP contribution is -2.19. The molecule has 7 nitrogen and oxygen atoms in total. The van der Waals surface area contributed by atoms with E-state index >= 15 is 0 Å². The van der Waals surface area contributed by atoms with Gasteiger partial charge in [-0.3, -0.25) is 9.59 Å². The van der Waals surface area contributed by atoms with E-state index in [1.54, 1.807) is 41.0 Å². The van der Waals surface area contributed by atoms with Gasteiger partial charge < -0.3 is 15.6 Å². The Kier molecular flexibility index (Phi) is 5.78. The van der Waals surface area contributed by atoms with Gasteiger partial charge in [0.15, 0.2) is 11.0 Å². The number of anilines is 1. The smallest absolute Gasteiger partial charge is 0.250 e. The maximum atomic E-state index is 12.2. The molecule has 3 N–H and O–H groups in total. The van der Waals surface area contributed by atoms with Crippen LogP contribution in [-0.4, -0.2) is 32.3 Å². The SMILES string of the molecule is Cn1c(SCC(=O)Nc2ccccc2C(N)=O)nnc1-c1ccc(Cl)cc1. The molecule has 0 fully saturated rings. The van der Waals surface area contributed by atoms with Gasteiger partial charge >= 0.3 is 0 Å². The fourth-order valence-corrected chi connectivity index (χ4v) is 3.25. The summed E-state index contributed by atoms with van der Waals surface area (Å²) in [5, 5.41) is 12.2. The van der Waals surface area contributed by atoms with Crippen LogP contribution in [-0.2, 0) is 11.8 Å². The minimum absolute atomic E-state index is 0.111. The molecule has 1 aromatic heterocycles. The molecule has 3 aromatic rings. The second kappa shape index (κ2) is 8.24. The van der Waals surface area contributed by atoms with Crippen molar-refractivity contribution in [3.63, 3.8) is 0 Å². The van der Waals surface area contributed by atoms with Crippen LogP contribution in [0.3, 0.4) is 0 Å². The van der Waals surface area contributed by atoms with Crippen molar-refractivity contribution in [3.8, 4) is 11.4 Å². The summed E-state index contributed by atoms with van der Waals surface area (Å²) >= 11 is 7.15. The number of aromatic nitrogens is 3. The zero-order chi connectivity index (χ0) is 19.4. The van der Waals surface area contributed by atoms with Crippen molar-refractivity contribution in [2.24, 2.45) is 12.8 Å². The van der Waals surface area contributed by atoms with Gasteiger partial charge in [0.1, 0.15) is 0 Å². The molecule has 0 unspecified atom stereocenters. The average Bonchev–Trinajstić information content (AvgIpc) is 3.01. The Balaban J connectivity index is 1.66. The summed E-state index contributed by atoms with van der Waals surface area (Å²) in [7, 11) is 1.83. The Labute approximate surface area is 164 Å². The molecule has 0 aliphatic heterocycles. The van der Waals surface area contributed by atoms with Crippen LogP contribution in [0.1, 0.15) is 10.4 Å². The number of hydrogen-bond donors (Lipinski definition) is 2. The van der Waals surface area contributed by atoms with Crippen molar-refractivity contribution in [3.05, 3.63) is 59.1 Å². The number of rotatable bonds is 6. The van der Waals surface area contributed by atoms with E-state index in [-0.39, 0.29) is 17.2 Å². The topological polar surface area (TPSA) is 103 Å². The summed E-state index contributed by atoms with van der Waals surface area (Å²) < 4.78 is 1.80. The van der Waals surface area contributed by atoms with Crippen molar-refractivity contribution in [2.45, 2.75) is 5.16 Å². The highest BCUT2D eigenvalue weighted by molar-refractivity contribution is 7.99. The highest BCUT2D eigenvalue weighted by Gasteiger charge is 2.14. The van der Waals surface area contributed by atoms with E-state index in [0.717, 1.165) is 5.56 Å². The van der Waals surface area contributed by atoms with Crippen LogP contribution < -0.4 is 11.1 Å². The predicted molar refractivity (Wildman–Crippen MR) is 106 cm³/mol. The van der Waals surface area contributed by atoms with Gasteiger partial charge in [-0.15, -0.1) is 10.2 Å². The van der Waals surface area contributed by atoms with Gasteiger partial charge in [0, 0.05) is 17.6 Å². The molecule has 0 radical (unpaired) electrons. The van der Waals surface area contributed by atoms with Crippen LogP contribution in [0.15, 0.2) is 53.7 Å². The first-order valence-electron chi connectivity index (χ1n) is 7.92. The van der Waals surface area contributed by atoms with Gasteiger partial charge in [-0.05, 0) is 36.4 Å². The number of nitrogens with zero attached hydrogens (tertiary/aromatic N) is 3. The third-order valence-corrected chi connectivity index (χ3v) is 5.01. The molecule has 0 spiro atoms. The molecule has 0 saturated carbocycles. The highest BCUT2D eigenvalue weighted by Crippen LogP contribution is 2.24. The van der Waals surface area contributed by atoms with Crippen molar-refractivity contribution in [1.29, 1.82) is 0 Å². The number of carbonyl (C=O) groups excluding carboxylic acids is 2. The van der Waals surface area contributed by atoms with E-state index in [0.29, 0.717) is 21.7 Å². The second-order valence-corrected chi connectivity index (χ2v) is 7.00. The molecule has 0 saturated heterocycles. The molecule has 0 bridgehead atoms. The zero-order valence-corrected chi connectivity index (χ0v) is 15.9. The summed E-state index contributed by atoms with van der Waals surface area (Å²) in [4.78, 5) is 23.7. The number of para-hydroxylation sites is 1. The van der Waals surface area contributed by atoms with Gasteiger partial charge in [-0.2, -0.15) is 0 Å². The van der Waals surface area contributed by atoms with Crippen LogP contribution in [0, 0.1) is 0 Å². The number of carbonyl (C=O) groups is 2. The molecule has 1 heterocycles. The fraction of sp³-hybridized carbons (Fsp3) is 0.111. The Morgan fingerprint density at radius 1 is 1.15 bits per heavy atom. The Bertz CT molecular complexity index is 988. The lowest BCUT2D eigenvalue weighted by Gasteiger charge is -2.08. The van der Waals surface area contributed by atoms with Crippen LogP contribution >= 0.6 is 23.4 Å². The minimum Gasteiger partial charge on any atom is -0.366 e. The largest absolute Gasteiger partial charge is 0.366 e. The maximum Gasteiger partial charge on any atom is 0.250 e. The van der Waals surface area contributed by atoms with Crippen molar-refractivity contribution < 1.29 is 9.59 Å². The summed E-state index contributed by atoms with van der Waals surface area (Å²) in [6, 6.07) is 13.9. The second-order valence-electron chi connectivity index (χ2n) is 5.62. The van der Waals surface area contributed by atoms with Crippen LogP contribution in [0.25, 0.3) is 11.4 Å². The molecule has 2 amide bonds. The summed E-state index contributed by atoms with van der Waals surface area (Å²) in [5.41, 5.74) is 6.84. The van der Waals surface area contributed by atoms with E-state index in [1.807, 2.05) is 19.2 Å². The molecule has 0 aliphatic carbocycles. The lowest BCUT2D eigenvalue weighted by atomic mass is 10.1. The summed E-state index contributed by atoms with van der Waals surface area (Å²) in [6.07, 6.45) is 0. The van der Waals surface area contributed by atoms with Crippen molar-refractivity contribution in [1.82, 2.24) is 14.8 Å². The Morgan fingerprint density at radius 2 is 1.85 bits per heavy atom. The number of primary amides is 1. The third kappa shape index (κ3) is 4.47. The minimum atomic E-state index is -0.598. The first-order chi connectivity index (χ1) is 13.0. The number of hydrogen-bond acceptors (Lipinski definition) is 5. The van der Waals surface area contributed by atoms with Gasteiger partial charge in [0.2, 0.25) is 5.91 Å². The lowest BCUT2D eigenvalue weighted by molar-refractivity contribution is -0.113. The fourth-order valence-electron chi connectivity index (χ4n) is 2.41. The van der Waals surface area contributed by atoms with Gasteiger partial charge in [0.25, 0.3) is 5.91 Å². The van der Waals surface area contributed by atoms with Crippen molar-refractivity contribution >= 4 is 40.9 Å². The molecule has 2 aromatic carbocycles. The normalized spacial score (nSPS) is 10.6. The maximum absolute atomic E-state index is 12.2. The van der Waals surface area contributed by atoms with E-state index in [9.17, 15) is 9.59 Å². The molecule has 9 heteroatoms. The third-order valence-electron chi connectivity index (χ3n) is 3.74. The molecule has 3 rings (SSSR count). The van der Waals surface area contributed by atoms with E-state index in [1.165, 1.54) is 11.8 Å². The van der Waals surface area contributed by atoms with Crippen molar-refractivity contribution in [2.75, 3.05) is 11.1 Å². The van der Waals surface area contributed by atoms with Crippen LogP contribution in [0.5, 0.6) is 0 Å². The number of halogens is 1. The zero-order valence-electron chi connectivity index (χ0n) is 14.3. The summed E-state index contributed by atoms with van der Waals surface area (Å²) in [5.74, 6) is -0.0856. The monoisotopic (exact) mass is 401 g/mol. The standard InChI is InChI=1S/C18H16ClN5O2S/c1-24-17(11-6-8-12(19)9-7-11)22-23-18(24)27-10-15(25)21-14-5-3-2-4-13(14)16(20)26/h2-9H,10H2,1H3,(H2,20,26)(H,21,25). The van der Waals surface area contributed by atoms with Gasteiger partial charge in [0.05, 0.1) is 17.0 Å². The predicted octanol–water partition coefficient (Wildman–Crippen LogP) is 2.97. The number of thioether (sulfide) groups is 1. The van der Waals surface area contributed by atoms with Gasteiger partial charge in [-0.25, -0.2) is 0 Å². The van der Waals surface area contributed by atoms with Gasteiger partial charge in [-0.1, -0.05) is 35.5 Å². The number of nitrogens with one attached hydrogen (secondary N) is 1. The molecular weight excluding hydrogens is 386 g/mol. The molecule has 27 heavy (non-hydrogen) atoms. The first-order valence-corrected chi connectivity index (χ1v) is 9.29. The van der Waals surface area contributed by atoms with Crippen LogP contribution in [0.4, 0.5) is 5.69 Å². The molecule has 0 aliphatic rings. The number of benzene rings is 2. The molecular formula is C18H16ClN5O2S. The number of nitrogens with two attached hydrogens (primary N) is 1. The molecule has 138 valence electrons. The number of amides is 2. The Morgan fingerprint density at radius 3 is 2.56 bits per heavy atom. The quantitative estimate of drug-likeness (QED) is 0.618. The van der Waals surface area contributed by atoms with E-state index in [2.05, 4.69) is 15.5 Å². The highest BCUT2D eigenvalue weighted by atomic mass is 35.5. The molecule has 0 atom stereocenters. The van der Waals surface area contributed by atoms with E-state index < -0.39 is 5.91 Å². The first kappa shape index (κ1) is 18.9.